The molecule has 0 unspecified atom stereocenters. The van der Waals surface area contributed by atoms with Crippen LogP contribution in [0.2, 0.25) is 0 Å². The van der Waals surface area contributed by atoms with Gasteiger partial charge in [-0.3, -0.25) is 14.6 Å². The van der Waals surface area contributed by atoms with Gasteiger partial charge in [-0.2, -0.15) is 10.2 Å². The zero-order valence-electron chi connectivity index (χ0n) is 8.06. The van der Waals surface area contributed by atoms with Gasteiger partial charge in [0.05, 0.1) is 23.6 Å². The Bertz CT molecular complexity index is 485. The molecule has 0 saturated heterocycles. The first kappa shape index (κ1) is 9.25. The van der Waals surface area contributed by atoms with Gasteiger partial charge in [-0.15, -0.1) is 0 Å². The summed E-state index contributed by atoms with van der Waals surface area (Å²) in [5.74, 6) is 0.114. The fourth-order valence-corrected chi connectivity index (χ4v) is 1.12. The molecule has 4 N–H and O–H groups in total. The number of anilines is 2. The monoisotopic (exact) mass is 206 g/mol. The van der Waals surface area contributed by atoms with Gasteiger partial charge in [-0.05, 0) is 0 Å². The molecule has 7 nitrogen and oxygen atoms in total. The van der Waals surface area contributed by atoms with Crippen molar-refractivity contribution in [1.82, 2.24) is 20.0 Å². The molecule has 2 heterocycles. The Balaban J connectivity index is 2.14. The molecule has 1 amide bonds. The Morgan fingerprint density at radius 1 is 1.60 bits per heavy atom. The van der Waals surface area contributed by atoms with Gasteiger partial charge in [-0.25, -0.2) is 0 Å². The minimum absolute atomic E-state index is 0.279. The molecule has 0 aliphatic heterocycles. The number of nitrogens with one attached hydrogen (secondary N) is 2. The maximum atomic E-state index is 11.6. The molecule has 78 valence electrons. The molecule has 0 spiro atoms. The molecule has 2 aromatic heterocycles. The topological polar surface area (TPSA) is 102 Å². The van der Waals surface area contributed by atoms with E-state index in [1.807, 2.05) is 0 Å². The summed E-state index contributed by atoms with van der Waals surface area (Å²) in [6.07, 6.45) is 4.52. The zero-order valence-corrected chi connectivity index (χ0v) is 8.06. The summed E-state index contributed by atoms with van der Waals surface area (Å²) in [7, 11) is 1.74. The van der Waals surface area contributed by atoms with Crippen molar-refractivity contribution in [2.75, 3.05) is 11.1 Å². The number of aryl methyl sites for hydroxylation is 1. The van der Waals surface area contributed by atoms with Gasteiger partial charge in [0.15, 0.2) is 5.82 Å². The van der Waals surface area contributed by atoms with E-state index in [1.54, 1.807) is 17.9 Å². The van der Waals surface area contributed by atoms with Crippen LogP contribution < -0.4 is 11.1 Å². The normalized spacial score (nSPS) is 10.2. The highest BCUT2D eigenvalue weighted by atomic mass is 16.1. The summed E-state index contributed by atoms with van der Waals surface area (Å²) >= 11 is 0. The van der Waals surface area contributed by atoms with Crippen LogP contribution >= 0.6 is 0 Å². The average Bonchev–Trinajstić information content (AvgIpc) is 2.77. The molecule has 0 aliphatic rings. The number of H-pyrrole nitrogens is 1. The SMILES string of the molecule is Cn1cc(C(=O)Nc2[nH]ncc2N)cn1. The predicted molar refractivity (Wildman–Crippen MR) is 54.2 cm³/mol. The van der Waals surface area contributed by atoms with E-state index in [9.17, 15) is 4.79 Å². The number of carbonyl (C=O) groups is 1. The van der Waals surface area contributed by atoms with Crippen LogP contribution in [0, 0.1) is 0 Å². The van der Waals surface area contributed by atoms with Crippen molar-refractivity contribution in [3.05, 3.63) is 24.2 Å². The summed E-state index contributed by atoms with van der Waals surface area (Å²) in [4.78, 5) is 11.6. The molecule has 0 fully saturated rings. The van der Waals surface area contributed by atoms with Crippen molar-refractivity contribution in [3.8, 4) is 0 Å². The lowest BCUT2D eigenvalue weighted by atomic mass is 10.3. The van der Waals surface area contributed by atoms with Gasteiger partial charge < -0.3 is 11.1 Å². The van der Waals surface area contributed by atoms with E-state index in [0.717, 1.165) is 0 Å². The van der Waals surface area contributed by atoms with Crippen LogP contribution in [0.15, 0.2) is 18.6 Å². The number of rotatable bonds is 2. The first-order valence-corrected chi connectivity index (χ1v) is 4.25. The molecule has 0 bridgehead atoms. The molecule has 0 saturated carbocycles. The Morgan fingerprint density at radius 3 is 2.93 bits per heavy atom. The minimum Gasteiger partial charge on any atom is -0.394 e. The maximum absolute atomic E-state index is 11.6. The first-order chi connectivity index (χ1) is 7.16. The number of aromatic nitrogens is 4. The second-order valence-corrected chi connectivity index (χ2v) is 3.06. The summed E-state index contributed by atoms with van der Waals surface area (Å²) in [5.41, 5.74) is 6.40. The van der Waals surface area contributed by atoms with E-state index in [0.29, 0.717) is 17.1 Å². The van der Waals surface area contributed by atoms with Crippen LogP contribution in [0.1, 0.15) is 10.4 Å². The summed E-state index contributed by atoms with van der Waals surface area (Å²) in [6.45, 7) is 0. The number of nitrogens with two attached hydrogens (primary N) is 1. The lowest BCUT2D eigenvalue weighted by Crippen LogP contribution is -2.12. The number of nitrogens with zero attached hydrogens (tertiary/aromatic N) is 3. The standard InChI is InChI=1S/C8H10N6O/c1-14-4-5(2-11-14)8(15)12-7-6(9)3-10-13-7/h2-4H,9H2,1H3,(H2,10,12,13,15). The number of amides is 1. The van der Waals surface area contributed by atoms with Crippen molar-refractivity contribution in [3.63, 3.8) is 0 Å². The van der Waals surface area contributed by atoms with E-state index in [2.05, 4.69) is 20.6 Å². The van der Waals surface area contributed by atoms with Gasteiger partial charge >= 0.3 is 0 Å². The Labute approximate surface area is 85.3 Å². The smallest absolute Gasteiger partial charge is 0.260 e. The molecule has 2 rings (SSSR count). The van der Waals surface area contributed by atoms with Gasteiger partial charge in [0, 0.05) is 13.2 Å². The van der Waals surface area contributed by atoms with E-state index in [4.69, 9.17) is 5.73 Å². The summed E-state index contributed by atoms with van der Waals surface area (Å²) in [5, 5.41) is 12.7. The Morgan fingerprint density at radius 2 is 2.40 bits per heavy atom. The van der Waals surface area contributed by atoms with Crippen LogP contribution in [0.4, 0.5) is 11.5 Å². The third-order valence-electron chi connectivity index (χ3n) is 1.87. The van der Waals surface area contributed by atoms with Gasteiger partial charge in [0.1, 0.15) is 0 Å². The number of hydrogen-bond donors (Lipinski definition) is 3. The number of aromatic amines is 1. The molecule has 0 atom stereocenters. The molecule has 15 heavy (non-hydrogen) atoms. The highest BCUT2D eigenvalue weighted by Gasteiger charge is 2.10. The number of hydrogen-bond acceptors (Lipinski definition) is 4. The molecule has 7 heteroatoms. The second kappa shape index (κ2) is 3.45. The van der Waals surface area contributed by atoms with E-state index in [-0.39, 0.29) is 5.91 Å². The summed E-state index contributed by atoms with van der Waals surface area (Å²) in [6, 6.07) is 0. The van der Waals surface area contributed by atoms with Crippen LogP contribution in [-0.4, -0.2) is 25.9 Å². The van der Waals surface area contributed by atoms with Gasteiger partial charge in [0.2, 0.25) is 0 Å². The fraction of sp³-hybridized carbons (Fsp3) is 0.125. The third kappa shape index (κ3) is 1.80. The maximum Gasteiger partial charge on any atom is 0.260 e. The molecular weight excluding hydrogens is 196 g/mol. The van der Waals surface area contributed by atoms with E-state index < -0.39 is 0 Å². The molecule has 0 aliphatic carbocycles. The fourth-order valence-electron chi connectivity index (χ4n) is 1.12. The Kier molecular flexibility index (Phi) is 2.13. The quantitative estimate of drug-likeness (QED) is 0.642. The molecule has 2 aromatic rings. The van der Waals surface area contributed by atoms with Crippen molar-refractivity contribution in [1.29, 1.82) is 0 Å². The third-order valence-corrected chi connectivity index (χ3v) is 1.87. The predicted octanol–water partition coefficient (Wildman–Crippen LogP) is -0.0223. The number of carbonyl (C=O) groups excluding carboxylic acids is 1. The Hall–Kier alpha value is -2.31. The lowest BCUT2D eigenvalue weighted by Gasteiger charge is -2.00. The van der Waals surface area contributed by atoms with Crippen LogP contribution in [0.25, 0.3) is 0 Å². The highest BCUT2D eigenvalue weighted by Crippen LogP contribution is 2.13. The molecule has 0 radical (unpaired) electrons. The van der Waals surface area contributed by atoms with Crippen molar-refractivity contribution < 1.29 is 4.79 Å². The highest BCUT2D eigenvalue weighted by molar-refractivity contribution is 6.04. The second-order valence-electron chi connectivity index (χ2n) is 3.06. The van der Waals surface area contributed by atoms with Gasteiger partial charge in [-0.1, -0.05) is 0 Å². The van der Waals surface area contributed by atoms with Gasteiger partial charge in [0.25, 0.3) is 5.91 Å². The number of nitrogen functional groups attached to an aromatic ring is 1. The molecule has 0 aromatic carbocycles. The van der Waals surface area contributed by atoms with E-state index in [1.165, 1.54) is 12.4 Å². The van der Waals surface area contributed by atoms with Crippen molar-refractivity contribution in [2.24, 2.45) is 7.05 Å². The largest absolute Gasteiger partial charge is 0.394 e. The van der Waals surface area contributed by atoms with E-state index >= 15 is 0 Å². The van der Waals surface area contributed by atoms with Crippen LogP contribution in [0.5, 0.6) is 0 Å². The molecular formula is C8H10N6O. The average molecular weight is 206 g/mol. The van der Waals surface area contributed by atoms with Crippen LogP contribution in [0.3, 0.4) is 0 Å². The van der Waals surface area contributed by atoms with Crippen molar-refractivity contribution >= 4 is 17.4 Å². The minimum atomic E-state index is -0.279. The summed E-state index contributed by atoms with van der Waals surface area (Å²) < 4.78 is 1.55. The lowest BCUT2D eigenvalue weighted by molar-refractivity contribution is 0.102. The first-order valence-electron chi connectivity index (χ1n) is 4.25. The van der Waals surface area contributed by atoms with Crippen LogP contribution in [-0.2, 0) is 7.05 Å². The van der Waals surface area contributed by atoms with Crippen molar-refractivity contribution in [2.45, 2.75) is 0 Å². The zero-order chi connectivity index (χ0) is 10.8.